The minimum absolute atomic E-state index is 0.191. The lowest BCUT2D eigenvalue weighted by atomic mass is 10.1. The van der Waals surface area contributed by atoms with Gasteiger partial charge in [0.15, 0.2) is 0 Å². The minimum Gasteiger partial charge on any atom is -0.496 e. The van der Waals surface area contributed by atoms with Gasteiger partial charge in [0.25, 0.3) is 0 Å². The number of benzene rings is 2. The maximum Gasteiger partial charge on any atom is 0.223 e. The summed E-state index contributed by atoms with van der Waals surface area (Å²) in [7, 11) is 1.70. The molecule has 2 aromatic carbocycles. The second-order valence-corrected chi connectivity index (χ2v) is 8.95. The van der Waals surface area contributed by atoms with Crippen molar-refractivity contribution >= 4 is 16.9 Å². The number of nitrogens with zero attached hydrogens (tertiary/aromatic N) is 5. The van der Waals surface area contributed by atoms with E-state index in [1.165, 1.54) is 12.1 Å². The summed E-state index contributed by atoms with van der Waals surface area (Å²) < 4.78 is 23.9. The van der Waals surface area contributed by atoms with Crippen LogP contribution in [0.4, 0.5) is 10.3 Å². The van der Waals surface area contributed by atoms with Crippen molar-refractivity contribution in [3.8, 4) is 28.4 Å². The molecule has 3 aromatic heterocycles. The number of anilines is 1. The van der Waals surface area contributed by atoms with E-state index in [9.17, 15) is 4.39 Å². The van der Waals surface area contributed by atoms with Crippen LogP contribution in [0.3, 0.4) is 0 Å². The van der Waals surface area contributed by atoms with Gasteiger partial charge in [-0.25, -0.2) is 19.3 Å². The van der Waals surface area contributed by atoms with E-state index in [1.54, 1.807) is 25.4 Å². The highest BCUT2D eigenvalue weighted by atomic mass is 19.1. The molecule has 8 heteroatoms. The fraction of sp³-hybridized carbons (Fsp3) is 0.250. The quantitative estimate of drug-likeness (QED) is 0.321. The second kappa shape index (κ2) is 9.11. The average molecular weight is 483 g/mol. The number of ether oxygens (including phenoxy) is 1. The molecule has 1 aliphatic rings. The third-order valence-electron chi connectivity index (χ3n) is 6.80. The van der Waals surface area contributed by atoms with E-state index < -0.39 is 0 Å². The van der Waals surface area contributed by atoms with Crippen molar-refractivity contribution in [2.75, 3.05) is 19.0 Å². The number of fused-ring (bicyclic) bond motifs is 2. The fourth-order valence-electron chi connectivity index (χ4n) is 5.19. The van der Waals surface area contributed by atoms with Gasteiger partial charge in [0, 0.05) is 42.9 Å². The molecule has 1 aliphatic heterocycles. The Bertz CT molecular complexity index is 1540. The van der Waals surface area contributed by atoms with Crippen LogP contribution < -0.4 is 10.1 Å². The molecule has 6 rings (SSSR count). The molecule has 1 atom stereocenters. The molecular weight excluding hydrogens is 455 g/mol. The molecule has 1 N–H and O–H groups in total. The molecule has 7 nitrogen and oxygen atoms in total. The molecule has 0 bridgehead atoms. The number of rotatable bonds is 7. The Labute approximate surface area is 208 Å². The van der Waals surface area contributed by atoms with E-state index in [2.05, 4.69) is 37.8 Å². The first-order chi connectivity index (χ1) is 17.7. The highest BCUT2D eigenvalue weighted by molar-refractivity contribution is 5.86. The summed E-state index contributed by atoms with van der Waals surface area (Å²) in [4.78, 5) is 14.2. The van der Waals surface area contributed by atoms with Gasteiger partial charge in [-0.15, -0.1) is 0 Å². The molecule has 182 valence electrons. The molecule has 36 heavy (non-hydrogen) atoms. The molecule has 0 fully saturated rings. The predicted molar refractivity (Wildman–Crippen MR) is 139 cm³/mol. The monoisotopic (exact) mass is 482 g/mol. The minimum atomic E-state index is -0.267. The van der Waals surface area contributed by atoms with Crippen LogP contribution in [-0.2, 0) is 13.0 Å². The first-order valence-electron chi connectivity index (χ1n) is 12.2. The van der Waals surface area contributed by atoms with Gasteiger partial charge in [-0.2, -0.15) is 0 Å². The molecule has 0 unspecified atom stereocenters. The van der Waals surface area contributed by atoms with Crippen molar-refractivity contribution in [2.24, 2.45) is 0 Å². The number of hydrogen-bond acceptors (Lipinski definition) is 5. The van der Waals surface area contributed by atoms with Crippen LogP contribution in [0.1, 0.15) is 25.2 Å². The summed E-state index contributed by atoms with van der Waals surface area (Å²) in [5, 5.41) is 4.30. The van der Waals surface area contributed by atoms with Crippen molar-refractivity contribution in [3.63, 3.8) is 0 Å². The van der Waals surface area contributed by atoms with Crippen LogP contribution in [-0.4, -0.2) is 37.7 Å². The van der Waals surface area contributed by atoms with Crippen molar-refractivity contribution < 1.29 is 9.13 Å². The van der Waals surface area contributed by atoms with Crippen molar-refractivity contribution in [1.82, 2.24) is 24.1 Å². The van der Waals surface area contributed by atoms with Gasteiger partial charge in [0.2, 0.25) is 5.95 Å². The summed E-state index contributed by atoms with van der Waals surface area (Å²) in [6, 6.07) is 16.9. The SMILES string of the molecule is CCNc1nccc(-c2c(-c3ccc(F)cc3)nc3n2[C@H](Cn2ccc4c(OC)cccc42)CC3)n1. The number of aryl methyl sites for hydroxylation is 1. The zero-order valence-corrected chi connectivity index (χ0v) is 20.3. The highest BCUT2D eigenvalue weighted by Crippen LogP contribution is 2.40. The lowest BCUT2D eigenvalue weighted by molar-refractivity contribution is 0.419. The largest absolute Gasteiger partial charge is 0.496 e. The van der Waals surface area contributed by atoms with Crippen LogP contribution in [0.15, 0.2) is 67.0 Å². The highest BCUT2D eigenvalue weighted by Gasteiger charge is 2.31. The Kier molecular flexibility index (Phi) is 5.64. The number of methoxy groups -OCH3 is 1. The first kappa shape index (κ1) is 22.3. The molecule has 0 saturated carbocycles. The molecule has 4 heterocycles. The van der Waals surface area contributed by atoms with E-state index in [4.69, 9.17) is 14.7 Å². The standard InChI is InChI=1S/C28H27FN6O/c1-3-30-28-31-15-13-22(32-28)27-26(18-7-9-19(29)10-8-18)33-25-12-11-20(35(25)27)17-34-16-14-21-23(34)5-4-6-24(21)36-2/h4-10,13-16,20H,3,11-12,17H2,1-2H3,(H,30,31,32)/t20-/m0/s1. The summed E-state index contributed by atoms with van der Waals surface area (Å²) in [5.41, 5.74) is 4.56. The topological polar surface area (TPSA) is 69.8 Å². The van der Waals surface area contributed by atoms with Gasteiger partial charge in [0.05, 0.1) is 35.8 Å². The number of halogens is 1. The molecule has 0 radical (unpaired) electrons. The predicted octanol–water partition coefficient (Wildman–Crippen LogP) is 5.73. The number of imidazole rings is 1. The zero-order chi connectivity index (χ0) is 24.6. The van der Waals surface area contributed by atoms with Gasteiger partial charge in [-0.05, 0) is 61.9 Å². The summed E-state index contributed by atoms with van der Waals surface area (Å²) in [5.74, 6) is 2.20. The van der Waals surface area contributed by atoms with Gasteiger partial charge in [-0.3, -0.25) is 0 Å². The van der Waals surface area contributed by atoms with Gasteiger partial charge in [-0.1, -0.05) is 6.07 Å². The van der Waals surface area contributed by atoms with Gasteiger partial charge < -0.3 is 19.2 Å². The lowest BCUT2D eigenvalue weighted by Crippen LogP contribution is -2.14. The number of hydrogen-bond donors (Lipinski definition) is 1. The Balaban J connectivity index is 1.47. The lowest BCUT2D eigenvalue weighted by Gasteiger charge is -2.19. The fourth-order valence-corrected chi connectivity index (χ4v) is 5.19. The van der Waals surface area contributed by atoms with Crippen molar-refractivity contribution in [1.29, 1.82) is 0 Å². The summed E-state index contributed by atoms with van der Waals surface area (Å²) >= 11 is 0. The average Bonchev–Trinajstić information content (AvgIpc) is 3.59. The smallest absolute Gasteiger partial charge is 0.223 e. The Morgan fingerprint density at radius 2 is 1.94 bits per heavy atom. The van der Waals surface area contributed by atoms with Gasteiger partial charge >= 0.3 is 0 Å². The molecule has 0 aliphatic carbocycles. The summed E-state index contributed by atoms with van der Waals surface area (Å²) in [6.45, 7) is 3.54. The third-order valence-corrected chi connectivity index (χ3v) is 6.80. The van der Waals surface area contributed by atoms with Crippen LogP contribution in [0.2, 0.25) is 0 Å². The number of aromatic nitrogens is 5. The van der Waals surface area contributed by atoms with Crippen LogP contribution in [0, 0.1) is 5.82 Å². The maximum atomic E-state index is 13.7. The van der Waals surface area contributed by atoms with Crippen molar-refractivity contribution in [3.05, 3.63) is 78.6 Å². The van der Waals surface area contributed by atoms with Crippen LogP contribution in [0.5, 0.6) is 5.75 Å². The normalized spacial score (nSPS) is 14.8. The van der Waals surface area contributed by atoms with E-state index in [0.717, 1.165) is 71.1 Å². The van der Waals surface area contributed by atoms with Gasteiger partial charge in [0.1, 0.15) is 17.4 Å². The van der Waals surface area contributed by atoms with E-state index in [1.807, 2.05) is 25.1 Å². The maximum absolute atomic E-state index is 13.7. The number of nitrogens with one attached hydrogen (secondary N) is 1. The molecular formula is C28H27FN6O. The molecule has 0 saturated heterocycles. The zero-order valence-electron chi connectivity index (χ0n) is 20.3. The van der Waals surface area contributed by atoms with Crippen molar-refractivity contribution in [2.45, 2.75) is 32.4 Å². The molecule has 0 amide bonds. The van der Waals surface area contributed by atoms with E-state index in [-0.39, 0.29) is 11.9 Å². The third kappa shape index (κ3) is 3.79. The molecule has 5 aromatic rings. The van der Waals surface area contributed by atoms with E-state index >= 15 is 0 Å². The Morgan fingerprint density at radius 1 is 1.08 bits per heavy atom. The Morgan fingerprint density at radius 3 is 2.75 bits per heavy atom. The Hall–Kier alpha value is -4.20. The van der Waals surface area contributed by atoms with E-state index in [0.29, 0.717) is 5.95 Å². The second-order valence-electron chi connectivity index (χ2n) is 8.95. The summed E-state index contributed by atoms with van der Waals surface area (Å²) in [6.07, 6.45) is 5.74. The first-order valence-corrected chi connectivity index (χ1v) is 12.2. The van der Waals surface area contributed by atoms with Crippen LogP contribution in [0.25, 0.3) is 33.5 Å². The molecule has 0 spiro atoms. The van der Waals surface area contributed by atoms with Crippen LogP contribution >= 0.6 is 0 Å².